The number of benzene rings is 2. The molecule has 0 bridgehead atoms. The van der Waals surface area contributed by atoms with Crippen LogP contribution in [0.2, 0.25) is 0 Å². The number of carbonyl (C=O) groups is 2. The van der Waals surface area contributed by atoms with Crippen LogP contribution in [0.25, 0.3) is 0 Å². The van der Waals surface area contributed by atoms with Gasteiger partial charge in [-0.1, -0.05) is 18.2 Å². The van der Waals surface area contributed by atoms with Crippen molar-refractivity contribution in [2.24, 2.45) is 5.92 Å². The van der Waals surface area contributed by atoms with Crippen molar-refractivity contribution in [1.82, 2.24) is 0 Å². The summed E-state index contributed by atoms with van der Waals surface area (Å²) < 4.78 is 11.0. The summed E-state index contributed by atoms with van der Waals surface area (Å²) >= 11 is 0. The third-order valence-corrected chi connectivity index (χ3v) is 4.66. The van der Waals surface area contributed by atoms with Gasteiger partial charge in [0.05, 0.1) is 0 Å². The zero-order valence-corrected chi connectivity index (χ0v) is 14.3. The van der Waals surface area contributed by atoms with Crippen LogP contribution >= 0.6 is 0 Å². The molecule has 2 N–H and O–H groups in total. The van der Waals surface area contributed by atoms with Crippen LogP contribution in [0.3, 0.4) is 0 Å². The van der Waals surface area contributed by atoms with E-state index in [-0.39, 0.29) is 24.2 Å². The molecule has 0 radical (unpaired) electrons. The molecule has 0 spiro atoms. The lowest BCUT2D eigenvalue weighted by molar-refractivity contribution is -0.121. The number of nitrogens with one attached hydrogen (secondary N) is 2. The van der Waals surface area contributed by atoms with Crippen molar-refractivity contribution in [3.63, 3.8) is 0 Å². The molecule has 0 fully saturated rings. The van der Waals surface area contributed by atoms with Gasteiger partial charge < -0.3 is 20.1 Å². The minimum absolute atomic E-state index is 0.0178. The Morgan fingerprint density at radius 3 is 2.81 bits per heavy atom. The van der Waals surface area contributed by atoms with Crippen LogP contribution < -0.4 is 20.1 Å². The second-order valence-corrected chi connectivity index (χ2v) is 6.49. The van der Waals surface area contributed by atoms with E-state index in [1.54, 1.807) is 18.2 Å². The molecule has 2 aliphatic heterocycles. The molecule has 4 rings (SSSR count). The fraction of sp³-hybridized carbons (Fsp3) is 0.300. The van der Waals surface area contributed by atoms with E-state index in [1.807, 2.05) is 24.3 Å². The van der Waals surface area contributed by atoms with Crippen molar-refractivity contribution in [3.05, 3.63) is 48.0 Å². The molecule has 1 atom stereocenters. The van der Waals surface area contributed by atoms with E-state index >= 15 is 0 Å². The van der Waals surface area contributed by atoms with Crippen molar-refractivity contribution < 1.29 is 19.1 Å². The smallest absolute Gasteiger partial charge is 0.227 e. The number of carbonyl (C=O) groups excluding carboxylic acids is 2. The van der Waals surface area contributed by atoms with Gasteiger partial charge in [-0.2, -0.15) is 0 Å². The summed E-state index contributed by atoms with van der Waals surface area (Å²) in [5, 5.41) is 5.78. The Morgan fingerprint density at radius 2 is 1.92 bits per heavy atom. The molecule has 0 saturated heterocycles. The van der Waals surface area contributed by atoms with Gasteiger partial charge in [0, 0.05) is 29.8 Å². The van der Waals surface area contributed by atoms with E-state index < -0.39 is 0 Å². The normalized spacial score (nSPS) is 17.8. The summed E-state index contributed by atoms with van der Waals surface area (Å²) in [6.45, 7) is 1.04. The number of hydrogen-bond acceptors (Lipinski definition) is 4. The van der Waals surface area contributed by atoms with Gasteiger partial charge in [0.2, 0.25) is 11.8 Å². The maximum atomic E-state index is 12.3. The molecule has 6 nitrogen and oxygen atoms in total. The van der Waals surface area contributed by atoms with Crippen molar-refractivity contribution in [1.29, 1.82) is 0 Å². The summed E-state index contributed by atoms with van der Waals surface area (Å²) in [7, 11) is 0. The van der Waals surface area contributed by atoms with Gasteiger partial charge in [0.15, 0.2) is 11.5 Å². The molecule has 6 heteroatoms. The van der Waals surface area contributed by atoms with Crippen molar-refractivity contribution in [2.75, 3.05) is 23.8 Å². The second-order valence-electron chi connectivity index (χ2n) is 6.49. The molecule has 0 aromatic heterocycles. The predicted octanol–water partition coefficient (Wildman–Crippen LogP) is 2.99. The average Bonchev–Trinajstić information content (AvgIpc) is 2.66. The monoisotopic (exact) mass is 352 g/mol. The first kappa shape index (κ1) is 16.4. The van der Waals surface area contributed by atoms with Gasteiger partial charge in [-0.05, 0) is 36.6 Å². The lowest BCUT2D eigenvalue weighted by atomic mass is 9.89. The quantitative estimate of drug-likeness (QED) is 0.887. The molecule has 0 aliphatic carbocycles. The Hall–Kier alpha value is -3.02. The average molecular weight is 352 g/mol. The van der Waals surface area contributed by atoms with E-state index in [9.17, 15) is 9.59 Å². The van der Waals surface area contributed by atoms with E-state index in [2.05, 4.69) is 10.6 Å². The Morgan fingerprint density at radius 1 is 1.12 bits per heavy atom. The Kier molecular flexibility index (Phi) is 4.48. The number of rotatable bonds is 4. The zero-order chi connectivity index (χ0) is 17.9. The first-order valence-electron chi connectivity index (χ1n) is 8.77. The standard InChI is InChI=1S/C20H20N2O4/c23-19(21-15-6-7-17-18(12-15)26-10-9-25-17)8-5-14-11-13-3-1-2-4-16(13)22-20(14)24/h1-4,6-7,12,14H,5,8-11H2,(H,21,23)(H,22,24). The van der Waals surface area contributed by atoms with Gasteiger partial charge in [-0.3, -0.25) is 9.59 Å². The van der Waals surface area contributed by atoms with E-state index in [1.165, 1.54) is 0 Å². The van der Waals surface area contributed by atoms with Crippen molar-refractivity contribution in [2.45, 2.75) is 19.3 Å². The fourth-order valence-electron chi connectivity index (χ4n) is 3.30. The Balaban J connectivity index is 1.34. The van der Waals surface area contributed by atoms with Gasteiger partial charge in [0.1, 0.15) is 13.2 Å². The third-order valence-electron chi connectivity index (χ3n) is 4.66. The first-order valence-corrected chi connectivity index (χ1v) is 8.77. The Bertz CT molecular complexity index is 849. The van der Waals surface area contributed by atoms with E-state index in [0.717, 1.165) is 11.3 Å². The molecular formula is C20H20N2O4. The predicted molar refractivity (Wildman–Crippen MR) is 97.6 cm³/mol. The lowest BCUT2D eigenvalue weighted by Crippen LogP contribution is -2.30. The van der Waals surface area contributed by atoms with E-state index in [0.29, 0.717) is 43.2 Å². The molecule has 2 aliphatic rings. The number of para-hydroxylation sites is 1. The third kappa shape index (κ3) is 3.49. The summed E-state index contributed by atoms with van der Waals surface area (Å²) in [5.74, 6) is 1.00. The highest BCUT2D eigenvalue weighted by atomic mass is 16.6. The minimum atomic E-state index is -0.184. The number of fused-ring (bicyclic) bond motifs is 2. The van der Waals surface area contributed by atoms with Gasteiger partial charge >= 0.3 is 0 Å². The summed E-state index contributed by atoms with van der Waals surface area (Å²) in [5.41, 5.74) is 2.65. The highest BCUT2D eigenvalue weighted by Crippen LogP contribution is 2.33. The molecule has 0 saturated carbocycles. The van der Waals surface area contributed by atoms with Crippen LogP contribution in [0.1, 0.15) is 18.4 Å². The number of amides is 2. The lowest BCUT2D eigenvalue weighted by Gasteiger charge is -2.24. The second kappa shape index (κ2) is 7.07. The number of anilines is 2. The zero-order valence-electron chi connectivity index (χ0n) is 14.3. The van der Waals surface area contributed by atoms with Gasteiger partial charge in [-0.25, -0.2) is 0 Å². The van der Waals surface area contributed by atoms with Crippen molar-refractivity contribution >= 4 is 23.2 Å². The van der Waals surface area contributed by atoms with Crippen LogP contribution in [-0.2, 0) is 16.0 Å². The van der Waals surface area contributed by atoms with Gasteiger partial charge in [0.25, 0.3) is 0 Å². The molecule has 2 heterocycles. The van der Waals surface area contributed by atoms with E-state index in [4.69, 9.17) is 9.47 Å². The van der Waals surface area contributed by atoms with Crippen LogP contribution in [0.4, 0.5) is 11.4 Å². The Labute approximate surface area is 151 Å². The maximum Gasteiger partial charge on any atom is 0.227 e. The summed E-state index contributed by atoms with van der Waals surface area (Å²) in [4.78, 5) is 24.5. The van der Waals surface area contributed by atoms with Crippen LogP contribution in [0.15, 0.2) is 42.5 Å². The first-order chi connectivity index (χ1) is 12.7. The summed E-state index contributed by atoms with van der Waals surface area (Å²) in [6.07, 6.45) is 1.46. The SMILES string of the molecule is O=C(CCC1Cc2ccccc2NC1=O)Nc1ccc2c(c1)OCCO2. The molecule has 1 unspecified atom stereocenters. The molecule has 26 heavy (non-hydrogen) atoms. The maximum absolute atomic E-state index is 12.3. The van der Waals surface area contributed by atoms with Gasteiger partial charge in [-0.15, -0.1) is 0 Å². The largest absolute Gasteiger partial charge is 0.486 e. The molecular weight excluding hydrogens is 332 g/mol. The number of ether oxygens (including phenoxy) is 2. The van der Waals surface area contributed by atoms with Crippen LogP contribution in [0, 0.1) is 5.92 Å². The topological polar surface area (TPSA) is 76.7 Å². The van der Waals surface area contributed by atoms with Crippen molar-refractivity contribution in [3.8, 4) is 11.5 Å². The highest BCUT2D eigenvalue weighted by Gasteiger charge is 2.26. The molecule has 2 aromatic carbocycles. The number of hydrogen-bond donors (Lipinski definition) is 2. The molecule has 2 amide bonds. The molecule has 2 aromatic rings. The van der Waals surface area contributed by atoms with Crippen LogP contribution in [-0.4, -0.2) is 25.0 Å². The fourth-order valence-corrected chi connectivity index (χ4v) is 3.30. The molecule has 134 valence electrons. The highest BCUT2D eigenvalue weighted by molar-refractivity contribution is 5.96. The minimum Gasteiger partial charge on any atom is -0.486 e. The van der Waals surface area contributed by atoms with Crippen LogP contribution in [0.5, 0.6) is 11.5 Å². The summed E-state index contributed by atoms with van der Waals surface area (Å²) in [6, 6.07) is 13.1.